The SMILES string of the molecule is COc1ccccc1C(=O)NC1(c2ccc3c(c2)OCCO3)CC1. The number of amides is 1. The number of hydrogen-bond donors (Lipinski definition) is 1. The van der Waals surface area contributed by atoms with Crippen molar-refractivity contribution in [2.75, 3.05) is 20.3 Å². The fraction of sp³-hybridized carbons (Fsp3) is 0.316. The molecule has 1 aliphatic heterocycles. The van der Waals surface area contributed by atoms with Crippen LogP contribution in [0.4, 0.5) is 0 Å². The first-order chi connectivity index (χ1) is 11.7. The average Bonchev–Trinajstić information content (AvgIpc) is 3.42. The second-order valence-corrected chi connectivity index (χ2v) is 6.09. The van der Waals surface area contributed by atoms with E-state index in [0.717, 1.165) is 29.9 Å². The van der Waals surface area contributed by atoms with Crippen molar-refractivity contribution in [1.82, 2.24) is 5.32 Å². The highest BCUT2D eigenvalue weighted by Crippen LogP contribution is 2.48. The fourth-order valence-electron chi connectivity index (χ4n) is 3.07. The number of carbonyl (C=O) groups excluding carboxylic acids is 1. The van der Waals surface area contributed by atoms with Gasteiger partial charge in [0.25, 0.3) is 5.91 Å². The zero-order valence-corrected chi connectivity index (χ0v) is 13.5. The Bertz CT molecular complexity index is 783. The molecule has 1 N–H and O–H groups in total. The van der Waals surface area contributed by atoms with Crippen molar-refractivity contribution in [2.45, 2.75) is 18.4 Å². The summed E-state index contributed by atoms with van der Waals surface area (Å²) in [6.07, 6.45) is 1.82. The van der Waals surface area contributed by atoms with Crippen molar-refractivity contribution < 1.29 is 19.0 Å². The molecule has 1 aliphatic carbocycles. The molecule has 0 unspecified atom stereocenters. The average molecular weight is 325 g/mol. The second kappa shape index (κ2) is 5.74. The Kier molecular flexibility index (Phi) is 3.56. The van der Waals surface area contributed by atoms with Crippen molar-refractivity contribution in [3.63, 3.8) is 0 Å². The van der Waals surface area contributed by atoms with Crippen LogP contribution in [0.1, 0.15) is 28.8 Å². The lowest BCUT2D eigenvalue weighted by molar-refractivity contribution is 0.0927. The van der Waals surface area contributed by atoms with E-state index in [0.29, 0.717) is 24.5 Å². The van der Waals surface area contributed by atoms with E-state index in [2.05, 4.69) is 5.32 Å². The minimum Gasteiger partial charge on any atom is -0.496 e. The van der Waals surface area contributed by atoms with Gasteiger partial charge in [-0.1, -0.05) is 18.2 Å². The summed E-state index contributed by atoms with van der Waals surface area (Å²) in [5.74, 6) is 1.96. The Labute approximate surface area is 140 Å². The molecule has 2 aromatic carbocycles. The van der Waals surface area contributed by atoms with Gasteiger partial charge in [0.2, 0.25) is 0 Å². The van der Waals surface area contributed by atoms with Crippen LogP contribution in [0.5, 0.6) is 17.2 Å². The molecule has 0 bridgehead atoms. The number of nitrogens with one attached hydrogen (secondary N) is 1. The zero-order valence-electron chi connectivity index (χ0n) is 13.5. The molecule has 5 heteroatoms. The van der Waals surface area contributed by atoms with E-state index < -0.39 is 0 Å². The highest BCUT2D eigenvalue weighted by molar-refractivity contribution is 5.97. The van der Waals surface area contributed by atoms with Crippen molar-refractivity contribution >= 4 is 5.91 Å². The predicted octanol–water partition coefficient (Wildman–Crippen LogP) is 2.89. The maximum Gasteiger partial charge on any atom is 0.255 e. The van der Waals surface area contributed by atoms with Crippen LogP contribution in [0.15, 0.2) is 42.5 Å². The van der Waals surface area contributed by atoms with E-state index in [1.165, 1.54) is 0 Å². The lowest BCUT2D eigenvalue weighted by Crippen LogP contribution is -2.35. The summed E-state index contributed by atoms with van der Waals surface area (Å²) in [4.78, 5) is 12.7. The molecule has 1 fully saturated rings. The van der Waals surface area contributed by atoms with Gasteiger partial charge in [0.1, 0.15) is 19.0 Å². The molecule has 0 atom stereocenters. The summed E-state index contributed by atoms with van der Waals surface area (Å²) in [6.45, 7) is 1.12. The largest absolute Gasteiger partial charge is 0.496 e. The standard InChI is InChI=1S/C19H19NO4/c1-22-15-5-3-2-4-14(15)18(21)20-19(8-9-19)13-6-7-16-17(12-13)24-11-10-23-16/h2-7,12H,8-11H2,1H3,(H,20,21). The molecule has 24 heavy (non-hydrogen) atoms. The first-order valence-corrected chi connectivity index (χ1v) is 8.07. The van der Waals surface area contributed by atoms with Gasteiger partial charge in [-0.3, -0.25) is 4.79 Å². The summed E-state index contributed by atoms with van der Waals surface area (Å²) >= 11 is 0. The summed E-state index contributed by atoms with van der Waals surface area (Å²) in [5, 5.41) is 3.17. The number of methoxy groups -OCH3 is 1. The number of para-hydroxylation sites is 1. The van der Waals surface area contributed by atoms with Crippen LogP contribution in [0, 0.1) is 0 Å². The molecule has 1 amide bonds. The molecular weight excluding hydrogens is 306 g/mol. The molecule has 2 aromatic rings. The van der Waals surface area contributed by atoms with Gasteiger partial charge in [0.05, 0.1) is 18.2 Å². The second-order valence-electron chi connectivity index (χ2n) is 6.09. The number of hydrogen-bond acceptors (Lipinski definition) is 4. The quantitative estimate of drug-likeness (QED) is 0.939. The van der Waals surface area contributed by atoms with Gasteiger partial charge in [-0.15, -0.1) is 0 Å². The lowest BCUT2D eigenvalue weighted by atomic mass is 10.0. The van der Waals surface area contributed by atoms with Gasteiger partial charge >= 0.3 is 0 Å². The first-order valence-electron chi connectivity index (χ1n) is 8.07. The van der Waals surface area contributed by atoms with Crippen LogP contribution in [0.25, 0.3) is 0 Å². The summed E-state index contributed by atoms with van der Waals surface area (Å²) in [6, 6.07) is 13.1. The van der Waals surface area contributed by atoms with Gasteiger partial charge < -0.3 is 19.5 Å². The van der Waals surface area contributed by atoms with Crippen LogP contribution in [0.3, 0.4) is 0 Å². The molecule has 4 rings (SSSR count). The van der Waals surface area contributed by atoms with Crippen molar-refractivity contribution in [2.24, 2.45) is 0 Å². The molecule has 5 nitrogen and oxygen atoms in total. The van der Waals surface area contributed by atoms with Crippen molar-refractivity contribution in [3.8, 4) is 17.2 Å². The predicted molar refractivity (Wildman–Crippen MR) is 88.8 cm³/mol. The third-order valence-electron chi connectivity index (χ3n) is 4.55. The molecule has 0 saturated heterocycles. The number of carbonyl (C=O) groups is 1. The Balaban J connectivity index is 1.59. The third-order valence-corrected chi connectivity index (χ3v) is 4.55. The fourth-order valence-corrected chi connectivity index (χ4v) is 3.07. The summed E-state index contributed by atoms with van der Waals surface area (Å²) < 4.78 is 16.5. The van der Waals surface area contributed by atoms with Crippen molar-refractivity contribution in [1.29, 1.82) is 0 Å². The summed E-state index contributed by atoms with van der Waals surface area (Å²) in [7, 11) is 1.57. The Morgan fingerprint density at radius 2 is 1.83 bits per heavy atom. The maximum absolute atomic E-state index is 12.7. The maximum atomic E-state index is 12.7. The van der Waals surface area contributed by atoms with Crippen LogP contribution < -0.4 is 19.5 Å². The monoisotopic (exact) mass is 325 g/mol. The Hall–Kier alpha value is -2.69. The van der Waals surface area contributed by atoms with E-state index >= 15 is 0 Å². The molecule has 1 heterocycles. The van der Waals surface area contributed by atoms with Gasteiger partial charge in [-0.2, -0.15) is 0 Å². The van der Waals surface area contributed by atoms with Crippen LogP contribution in [-0.4, -0.2) is 26.2 Å². The number of ether oxygens (including phenoxy) is 3. The van der Waals surface area contributed by atoms with E-state index in [-0.39, 0.29) is 11.4 Å². The van der Waals surface area contributed by atoms with Gasteiger partial charge in [0.15, 0.2) is 11.5 Å². The lowest BCUT2D eigenvalue weighted by Gasteiger charge is -2.23. The van der Waals surface area contributed by atoms with Gasteiger partial charge in [-0.05, 0) is 42.7 Å². The molecule has 0 aromatic heterocycles. The third kappa shape index (κ3) is 2.56. The van der Waals surface area contributed by atoms with Crippen molar-refractivity contribution in [3.05, 3.63) is 53.6 Å². The normalized spacial score (nSPS) is 17.0. The van der Waals surface area contributed by atoms with E-state index in [9.17, 15) is 4.79 Å². The Morgan fingerprint density at radius 1 is 1.08 bits per heavy atom. The molecule has 2 aliphatic rings. The van der Waals surface area contributed by atoms with Gasteiger partial charge in [-0.25, -0.2) is 0 Å². The van der Waals surface area contributed by atoms with E-state index in [1.54, 1.807) is 19.2 Å². The minimum absolute atomic E-state index is 0.125. The van der Waals surface area contributed by atoms with Crippen LogP contribution in [-0.2, 0) is 5.54 Å². The van der Waals surface area contributed by atoms with Gasteiger partial charge in [0, 0.05) is 0 Å². The van der Waals surface area contributed by atoms with Crippen LogP contribution >= 0.6 is 0 Å². The molecule has 0 radical (unpaired) electrons. The molecule has 1 saturated carbocycles. The summed E-state index contributed by atoms with van der Waals surface area (Å²) in [5.41, 5.74) is 1.27. The molecule has 124 valence electrons. The molecule has 0 spiro atoms. The minimum atomic E-state index is -0.326. The van der Waals surface area contributed by atoms with Crippen LogP contribution in [0.2, 0.25) is 0 Å². The first kappa shape index (κ1) is 14.9. The number of rotatable bonds is 4. The zero-order chi connectivity index (χ0) is 16.6. The Morgan fingerprint density at radius 3 is 2.58 bits per heavy atom. The van der Waals surface area contributed by atoms with E-state index in [4.69, 9.17) is 14.2 Å². The number of benzene rings is 2. The number of fused-ring (bicyclic) bond motifs is 1. The topological polar surface area (TPSA) is 56.8 Å². The highest BCUT2D eigenvalue weighted by Gasteiger charge is 2.46. The molecular formula is C19H19NO4. The van der Waals surface area contributed by atoms with E-state index in [1.807, 2.05) is 30.3 Å². The smallest absolute Gasteiger partial charge is 0.255 e. The highest BCUT2D eigenvalue weighted by atomic mass is 16.6.